The van der Waals surface area contributed by atoms with Gasteiger partial charge >= 0.3 is 0 Å². The van der Waals surface area contributed by atoms with E-state index in [1.54, 1.807) is 0 Å². The van der Waals surface area contributed by atoms with Crippen LogP contribution in [-0.4, -0.2) is 19.1 Å². The van der Waals surface area contributed by atoms with E-state index in [4.69, 9.17) is 14.4 Å². The fraction of sp³-hybridized carbons (Fsp3) is 0. The number of nitrogens with zero attached hydrogens (tertiary/aromatic N) is 4. The Hall–Kier alpha value is -8.28. The Morgan fingerprint density at radius 2 is 0.967 bits per heavy atom. The van der Waals surface area contributed by atoms with Crippen LogP contribution in [0.15, 0.2) is 211 Å². The molecule has 5 heteroatoms. The molecule has 0 unspecified atom stereocenters. The van der Waals surface area contributed by atoms with Crippen molar-refractivity contribution in [1.29, 1.82) is 0 Å². The van der Waals surface area contributed by atoms with Crippen LogP contribution in [0.5, 0.6) is 0 Å². The summed E-state index contributed by atoms with van der Waals surface area (Å²) in [4.78, 5) is 10.9. The molecule has 61 heavy (non-hydrogen) atoms. The van der Waals surface area contributed by atoms with E-state index in [9.17, 15) is 0 Å². The number of benzene rings is 9. The van der Waals surface area contributed by atoms with Crippen LogP contribution in [0.4, 0.5) is 0 Å². The first-order valence-corrected chi connectivity index (χ1v) is 20.7. The van der Waals surface area contributed by atoms with Crippen molar-refractivity contribution in [3.05, 3.63) is 206 Å². The average molecular weight is 779 g/mol. The van der Waals surface area contributed by atoms with Crippen molar-refractivity contribution in [3.63, 3.8) is 0 Å². The van der Waals surface area contributed by atoms with Crippen molar-refractivity contribution in [2.45, 2.75) is 0 Å². The van der Waals surface area contributed by atoms with Crippen molar-refractivity contribution < 1.29 is 4.42 Å². The summed E-state index contributed by atoms with van der Waals surface area (Å²) in [5.41, 5.74) is 13.0. The molecular weight excluding hydrogens is 745 g/mol. The van der Waals surface area contributed by atoms with Gasteiger partial charge < -0.3 is 8.98 Å². The van der Waals surface area contributed by atoms with Crippen LogP contribution < -0.4 is 0 Å². The second kappa shape index (κ2) is 13.1. The van der Waals surface area contributed by atoms with Crippen LogP contribution in [0.25, 0.3) is 122 Å². The summed E-state index contributed by atoms with van der Waals surface area (Å²) in [6.07, 6.45) is 0. The minimum Gasteiger partial charge on any atom is -0.455 e. The summed E-state index contributed by atoms with van der Waals surface area (Å²) in [6.45, 7) is 0. The molecular formula is C56H34N4O. The highest BCUT2D eigenvalue weighted by molar-refractivity contribution is 6.28. The van der Waals surface area contributed by atoms with E-state index >= 15 is 0 Å². The highest BCUT2D eigenvalue weighted by Crippen LogP contribution is 2.46. The molecule has 0 aliphatic carbocycles. The number of furan rings is 1. The Labute approximate surface area is 350 Å². The van der Waals surface area contributed by atoms with Crippen LogP contribution in [0.3, 0.4) is 0 Å². The zero-order valence-corrected chi connectivity index (χ0v) is 32.8. The Kier molecular flexibility index (Phi) is 7.24. The van der Waals surface area contributed by atoms with Gasteiger partial charge in [0.1, 0.15) is 11.2 Å². The van der Waals surface area contributed by atoms with Gasteiger partial charge in [-0.3, -0.25) is 4.57 Å². The SMILES string of the molecule is c1ccc(-c2cc(-c3ccccc3)nc(-n3c4ccccc4c4ccc5c6c7ccccc7ccc6n(-c6cc(-c7ccccc7)c7oc8ccccc8c7c6)c5c43)n2)cc1. The molecule has 0 fully saturated rings. The highest BCUT2D eigenvalue weighted by Gasteiger charge is 2.25. The quantitative estimate of drug-likeness (QED) is 0.175. The summed E-state index contributed by atoms with van der Waals surface area (Å²) >= 11 is 0. The summed E-state index contributed by atoms with van der Waals surface area (Å²) in [7, 11) is 0. The zero-order valence-electron chi connectivity index (χ0n) is 32.8. The molecule has 13 rings (SSSR count). The molecule has 4 aromatic heterocycles. The van der Waals surface area contributed by atoms with Gasteiger partial charge in [0.15, 0.2) is 0 Å². The monoisotopic (exact) mass is 778 g/mol. The number of aromatic nitrogens is 4. The summed E-state index contributed by atoms with van der Waals surface area (Å²) < 4.78 is 11.5. The molecule has 9 aromatic carbocycles. The molecule has 0 aliphatic heterocycles. The molecule has 0 spiro atoms. The van der Waals surface area contributed by atoms with Crippen LogP contribution in [-0.2, 0) is 0 Å². The summed E-state index contributed by atoms with van der Waals surface area (Å²) in [5, 5.41) is 9.18. The maximum absolute atomic E-state index is 6.70. The largest absolute Gasteiger partial charge is 0.455 e. The zero-order chi connectivity index (χ0) is 40.0. The predicted octanol–water partition coefficient (Wildman–Crippen LogP) is 14.7. The minimum atomic E-state index is 0.613. The van der Waals surface area contributed by atoms with Gasteiger partial charge in [-0.05, 0) is 52.7 Å². The Balaban J connectivity index is 1.23. The van der Waals surface area contributed by atoms with Crippen LogP contribution >= 0.6 is 0 Å². The molecule has 0 saturated heterocycles. The van der Waals surface area contributed by atoms with Gasteiger partial charge in [-0.1, -0.05) is 170 Å². The molecule has 13 aromatic rings. The third-order valence-electron chi connectivity index (χ3n) is 12.3. The molecule has 0 N–H and O–H groups in total. The van der Waals surface area contributed by atoms with Gasteiger partial charge in [0.25, 0.3) is 0 Å². The summed E-state index contributed by atoms with van der Waals surface area (Å²) in [5.74, 6) is 0.613. The van der Waals surface area contributed by atoms with E-state index in [1.165, 1.54) is 16.2 Å². The first kappa shape index (κ1) is 33.7. The van der Waals surface area contributed by atoms with Crippen molar-refractivity contribution in [3.8, 4) is 45.3 Å². The second-order valence-corrected chi connectivity index (χ2v) is 15.7. The molecule has 0 saturated carbocycles. The van der Waals surface area contributed by atoms with E-state index in [0.717, 1.165) is 99.5 Å². The van der Waals surface area contributed by atoms with Gasteiger partial charge in [-0.25, -0.2) is 9.97 Å². The number of hydrogen-bond donors (Lipinski definition) is 0. The standard InChI is InChI=1S/C56H34N4O/c1-4-16-35(17-5-1)45-32-39(33-46-42-25-13-15-27-51(42)61-55(45)46)59-50-31-28-36-18-10-11-23-40(36)52(50)44-30-29-43-41-24-12-14-26-49(41)60(53(43)54(44)59)56-57-47(37-19-6-2-7-20-37)34-48(58-56)38-21-8-3-9-22-38/h1-34H. The lowest BCUT2D eigenvalue weighted by molar-refractivity contribution is 0.670. The van der Waals surface area contributed by atoms with E-state index in [1.807, 2.05) is 18.2 Å². The van der Waals surface area contributed by atoms with Crippen molar-refractivity contribution in [1.82, 2.24) is 19.1 Å². The number of fused-ring (bicyclic) bond motifs is 12. The molecule has 5 nitrogen and oxygen atoms in total. The van der Waals surface area contributed by atoms with Crippen LogP contribution in [0, 0.1) is 0 Å². The average Bonchev–Trinajstić information content (AvgIpc) is 4.00. The molecule has 284 valence electrons. The molecule has 0 amide bonds. The van der Waals surface area contributed by atoms with Crippen LogP contribution in [0.2, 0.25) is 0 Å². The Morgan fingerprint density at radius 1 is 0.377 bits per heavy atom. The van der Waals surface area contributed by atoms with Gasteiger partial charge in [0.2, 0.25) is 5.95 Å². The molecule has 0 aliphatic rings. The number of rotatable bonds is 5. The number of para-hydroxylation sites is 2. The smallest absolute Gasteiger partial charge is 0.235 e. The van der Waals surface area contributed by atoms with Gasteiger partial charge in [0, 0.05) is 54.7 Å². The second-order valence-electron chi connectivity index (χ2n) is 15.7. The third kappa shape index (κ3) is 5.08. The summed E-state index contributed by atoms with van der Waals surface area (Å²) in [6, 6.07) is 73.0. The van der Waals surface area contributed by atoms with E-state index < -0.39 is 0 Å². The molecule has 0 radical (unpaired) electrons. The lowest BCUT2D eigenvalue weighted by atomic mass is 10.0. The molecule has 0 atom stereocenters. The highest BCUT2D eigenvalue weighted by atomic mass is 16.3. The molecule has 0 bridgehead atoms. The van der Waals surface area contributed by atoms with Crippen molar-refractivity contribution in [2.24, 2.45) is 0 Å². The maximum Gasteiger partial charge on any atom is 0.235 e. The lowest BCUT2D eigenvalue weighted by Crippen LogP contribution is -2.05. The first-order valence-electron chi connectivity index (χ1n) is 20.7. The predicted molar refractivity (Wildman–Crippen MR) is 252 cm³/mol. The van der Waals surface area contributed by atoms with E-state index in [2.05, 4.69) is 197 Å². The number of hydrogen-bond acceptors (Lipinski definition) is 3. The third-order valence-corrected chi connectivity index (χ3v) is 12.3. The van der Waals surface area contributed by atoms with E-state index in [0.29, 0.717) is 5.95 Å². The normalized spacial score (nSPS) is 11.9. The fourth-order valence-electron chi connectivity index (χ4n) is 9.62. The fourth-order valence-corrected chi connectivity index (χ4v) is 9.62. The van der Waals surface area contributed by atoms with Gasteiger partial charge in [-0.2, -0.15) is 0 Å². The van der Waals surface area contributed by atoms with Crippen LogP contribution in [0.1, 0.15) is 0 Å². The lowest BCUT2D eigenvalue weighted by Gasteiger charge is -2.15. The minimum absolute atomic E-state index is 0.613. The van der Waals surface area contributed by atoms with Crippen molar-refractivity contribution in [2.75, 3.05) is 0 Å². The Bertz CT molecular complexity index is 3800. The van der Waals surface area contributed by atoms with Crippen molar-refractivity contribution >= 4 is 76.3 Å². The van der Waals surface area contributed by atoms with Gasteiger partial charge in [0.05, 0.1) is 33.5 Å². The molecule has 4 heterocycles. The van der Waals surface area contributed by atoms with E-state index in [-0.39, 0.29) is 0 Å². The first-order chi connectivity index (χ1) is 30.3. The Morgan fingerprint density at radius 3 is 1.70 bits per heavy atom. The topological polar surface area (TPSA) is 48.8 Å². The maximum atomic E-state index is 6.70. The van der Waals surface area contributed by atoms with Gasteiger partial charge in [-0.15, -0.1) is 0 Å².